The number of rotatable bonds is 3. The van der Waals surface area contributed by atoms with E-state index in [4.69, 9.17) is 21.1 Å². The minimum absolute atomic E-state index is 0.427. The lowest BCUT2D eigenvalue weighted by atomic mass is 9.90. The molecule has 138 valence electrons. The highest BCUT2D eigenvalue weighted by Crippen LogP contribution is 2.38. The quantitative estimate of drug-likeness (QED) is 0.505. The van der Waals surface area contributed by atoms with Crippen molar-refractivity contribution >= 4 is 17.2 Å². The molecule has 0 bridgehead atoms. The van der Waals surface area contributed by atoms with Gasteiger partial charge in [-0.1, -0.05) is 48.0 Å². The van der Waals surface area contributed by atoms with Crippen LogP contribution in [0.1, 0.15) is 29.2 Å². The van der Waals surface area contributed by atoms with E-state index in [0.717, 1.165) is 39.3 Å². The number of para-hydroxylation sites is 1. The first-order chi connectivity index (χ1) is 13.7. The first kappa shape index (κ1) is 18.2. The van der Waals surface area contributed by atoms with Crippen LogP contribution in [0.25, 0.3) is 5.57 Å². The van der Waals surface area contributed by atoms with Gasteiger partial charge in [0.25, 0.3) is 0 Å². The summed E-state index contributed by atoms with van der Waals surface area (Å²) in [5.41, 5.74) is 5.63. The number of hydrogen-bond donors (Lipinski definition) is 0. The summed E-state index contributed by atoms with van der Waals surface area (Å²) in [4.78, 5) is 0. The summed E-state index contributed by atoms with van der Waals surface area (Å²) in [6.45, 7) is 2.72. The topological polar surface area (TPSA) is 42.2 Å². The molecule has 0 radical (unpaired) electrons. The van der Waals surface area contributed by atoms with E-state index in [1.165, 1.54) is 0 Å². The molecule has 1 aliphatic heterocycles. The van der Waals surface area contributed by atoms with Crippen molar-refractivity contribution in [2.75, 3.05) is 0 Å². The number of nitrogens with zero attached hydrogens (tertiary/aromatic N) is 1. The lowest BCUT2D eigenvalue weighted by Crippen LogP contribution is -2.01. The Labute approximate surface area is 169 Å². The predicted octanol–water partition coefficient (Wildman–Crippen LogP) is 6.16. The molecule has 0 atom stereocenters. The van der Waals surface area contributed by atoms with Crippen LogP contribution in [0.2, 0.25) is 5.02 Å². The second-order valence-corrected chi connectivity index (χ2v) is 7.07. The molecule has 0 saturated carbocycles. The lowest BCUT2D eigenvalue weighted by molar-refractivity contribution is 0.300. The van der Waals surface area contributed by atoms with E-state index in [1.54, 1.807) is 6.07 Å². The zero-order valence-corrected chi connectivity index (χ0v) is 16.2. The maximum atomic E-state index is 9.54. The summed E-state index contributed by atoms with van der Waals surface area (Å²) in [6, 6.07) is 23.7. The Hall–Kier alpha value is -3.22. The van der Waals surface area contributed by atoms with Gasteiger partial charge >= 0.3 is 0 Å². The van der Waals surface area contributed by atoms with E-state index in [0.29, 0.717) is 23.8 Å². The fraction of sp³-hybridized carbons (Fsp3) is 0.125. The van der Waals surface area contributed by atoms with Crippen molar-refractivity contribution in [2.24, 2.45) is 0 Å². The summed E-state index contributed by atoms with van der Waals surface area (Å²) in [7, 11) is 0. The Morgan fingerprint density at radius 1 is 1.07 bits per heavy atom. The molecule has 28 heavy (non-hydrogen) atoms. The van der Waals surface area contributed by atoms with Crippen LogP contribution in [-0.2, 0) is 13.2 Å². The molecule has 0 saturated heterocycles. The molecule has 3 aromatic rings. The molecule has 0 spiro atoms. The SMILES string of the molecule is CC(C#N)=C1c2ccc(COc3cccc(Cl)c3)cc2COc2ccccc21. The van der Waals surface area contributed by atoms with E-state index < -0.39 is 0 Å². The second-order valence-electron chi connectivity index (χ2n) is 6.63. The van der Waals surface area contributed by atoms with Gasteiger partial charge in [-0.15, -0.1) is 0 Å². The van der Waals surface area contributed by atoms with Crippen LogP contribution in [-0.4, -0.2) is 0 Å². The summed E-state index contributed by atoms with van der Waals surface area (Å²) < 4.78 is 11.9. The summed E-state index contributed by atoms with van der Waals surface area (Å²) in [5.74, 6) is 1.52. The number of fused-ring (bicyclic) bond motifs is 2. The number of ether oxygens (including phenoxy) is 2. The number of benzene rings is 3. The van der Waals surface area contributed by atoms with Gasteiger partial charge in [-0.25, -0.2) is 0 Å². The van der Waals surface area contributed by atoms with E-state index in [-0.39, 0.29) is 0 Å². The van der Waals surface area contributed by atoms with Crippen LogP contribution in [0.4, 0.5) is 0 Å². The van der Waals surface area contributed by atoms with E-state index in [2.05, 4.69) is 12.1 Å². The number of allylic oxidation sites excluding steroid dienone is 1. The Bertz CT molecular complexity index is 1110. The normalized spacial score (nSPS) is 14.0. The lowest BCUT2D eigenvalue weighted by Gasteiger charge is -2.13. The average Bonchev–Trinajstić information content (AvgIpc) is 2.88. The molecular weight excluding hydrogens is 370 g/mol. The van der Waals surface area contributed by atoms with Crippen LogP contribution in [0.15, 0.2) is 72.3 Å². The highest BCUT2D eigenvalue weighted by atomic mass is 35.5. The van der Waals surface area contributed by atoms with Crippen LogP contribution in [0, 0.1) is 11.3 Å². The Kier molecular flexibility index (Phi) is 5.06. The summed E-state index contributed by atoms with van der Waals surface area (Å²) in [5, 5.41) is 10.2. The minimum Gasteiger partial charge on any atom is -0.489 e. The summed E-state index contributed by atoms with van der Waals surface area (Å²) >= 11 is 6.02. The maximum Gasteiger partial charge on any atom is 0.127 e. The Morgan fingerprint density at radius 3 is 2.75 bits per heavy atom. The molecule has 0 fully saturated rings. The van der Waals surface area contributed by atoms with Crippen LogP contribution >= 0.6 is 11.6 Å². The zero-order chi connectivity index (χ0) is 19.5. The fourth-order valence-electron chi connectivity index (χ4n) is 3.38. The van der Waals surface area contributed by atoms with Crippen molar-refractivity contribution in [1.82, 2.24) is 0 Å². The molecule has 0 aromatic heterocycles. The predicted molar refractivity (Wildman–Crippen MR) is 110 cm³/mol. The molecule has 1 heterocycles. The van der Waals surface area contributed by atoms with Gasteiger partial charge in [0, 0.05) is 21.7 Å². The van der Waals surface area contributed by atoms with Crippen molar-refractivity contribution in [2.45, 2.75) is 20.1 Å². The van der Waals surface area contributed by atoms with Gasteiger partial charge in [0.1, 0.15) is 24.7 Å². The molecule has 0 N–H and O–H groups in total. The highest BCUT2D eigenvalue weighted by Gasteiger charge is 2.21. The van der Waals surface area contributed by atoms with Gasteiger partial charge in [0.15, 0.2) is 0 Å². The molecule has 3 aromatic carbocycles. The molecular formula is C24H18ClNO2. The number of hydrogen-bond acceptors (Lipinski definition) is 3. The smallest absolute Gasteiger partial charge is 0.127 e. The van der Waals surface area contributed by atoms with Gasteiger partial charge in [-0.3, -0.25) is 0 Å². The van der Waals surface area contributed by atoms with Gasteiger partial charge in [0.2, 0.25) is 0 Å². The molecule has 0 unspecified atom stereocenters. The van der Waals surface area contributed by atoms with Crippen molar-refractivity contribution in [3.8, 4) is 17.6 Å². The third-order valence-electron chi connectivity index (χ3n) is 4.72. The number of halogens is 1. The largest absolute Gasteiger partial charge is 0.489 e. The van der Waals surface area contributed by atoms with Crippen molar-refractivity contribution < 1.29 is 9.47 Å². The first-order valence-electron chi connectivity index (χ1n) is 8.99. The van der Waals surface area contributed by atoms with Gasteiger partial charge < -0.3 is 9.47 Å². The van der Waals surface area contributed by atoms with E-state index in [1.807, 2.05) is 61.5 Å². The molecule has 3 nitrogen and oxygen atoms in total. The van der Waals surface area contributed by atoms with Crippen LogP contribution < -0.4 is 9.47 Å². The average molecular weight is 388 g/mol. The first-order valence-corrected chi connectivity index (χ1v) is 9.37. The molecule has 4 heteroatoms. The number of nitriles is 1. The van der Waals surface area contributed by atoms with Gasteiger partial charge in [0.05, 0.1) is 6.07 Å². The van der Waals surface area contributed by atoms with Crippen molar-refractivity contribution in [1.29, 1.82) is 5.26 Å². The highest BCUT2D eigenvalue weighted by molar-refractivity contribution is 6.30. The maximum absolute atomic E-state index is 9.54. The molecule has 4 rings (SSSR count). The van der Waals surface area contributed by atoms with E-state index >= 15 is 0 Å². The monoisotopic (exact) mass is 387 g/mol. The molecule has 0 aliphatic carbocycles. The second kappa shape index (κ2) is 7.80. The van der Waals surface area contributed by atoms with Crippen molar-refractivity contribution in [3.05, 3.63) is 99.6 Å². The van der Waals surface area contributed by atoms with Crippen LogP contribution in [0.3, 0.4) is 0 Å². The third-order valence-corrected chi connectivity index (χ3v) is 4.96. The third kappa shape index (κ3) is 3.60. The standard InChI is InChI=1S/C24H18ClNO2/c1-16(13-26)24-21-10-9-17(14-27-20-6-4-5-19(25)12-20)11-18(21)15-28-23-8-3-2-7-22(23)24/h2-12H,14-15H2,1H3. The molecule has 1 aliphatic rings. The van der Waals surface area contributed by atoms with Gasteiger partial charge in [-0.05, 0) is 53.9 Å². The minimum atomic E-state index is 0.427. The van der Waals surface area contributed by atoms with Crippen LogP contribution in [0.5, 0.6) is 11.5 Å². The molecule has 0 amide bonds. The summed E-state index contributed by atoms with van der Waals surface area (Å²) in [6.07, 6.45) is 0. The zero-order valence-electron chi connectivity index (χ0n) is 15.4. The van der Waals surface area contributed by atoms with Gasteiger partial charge in [-0.2, -0.15) is 5.26 Å². The van der Waals surface area contributed by atoms with E-state index in [9.17, 15) is 5.26 Å². The Balaban J connectivity index is 1.69. The van der Waals surface area contributed by atoms with Crippen molar-refractivity contribution in [3.63, 3.8) is 0 Å². The Morgan fingerprint density at radius 2 is 1.93 bits per heavy atom. The fourth-order valence-corrected chi connectivity index (χ4v) is 3.56.